The molecule has 1 aliphatic rings. The van der Waals surface area contributed by atoms with Gasteiger partial charge >= 0.3 is 0 Å². The fourth-order valence-electron chi connectivity index (χ4n) is 3.34. The van der Waals surface area contributed by atoms with Gasteiger partial charge in [-0.3, -0.25) is 4.79 Å². The van der Waals surface area contributed by atoms with Crippen LogP contribution in [0.1, 0.15) is 27.9 Å². The van der Waals surface area contributed by atoms with Crippen molar-refractivity contribution in [3.63, 3.8) is 0 Å². The maximum absolute atomic E-state index is 12.7. The summed E-state index contributed by atoms with van der Waals surface area (Å²) in [5, 5.41) is 3.20. The molecule has 4 heteroatoms. The minimum Gasteiger partial charge on any atom is -0.489 e. The molecule has 4 nitrogen and oxygen atoms in total. The molecule has 0 spiro atoms. The van der Waals surface area contributed by atoms with Gasteiger partial charge in [-0.2, -0.15) is 0 Å². The Bertz CT molecular complexity index is 729. The molecule has 1 fully saturated rings. The van der Waals surface area contributed by atoms with E-state index in [9.17, 15) is 4.79 Å². The molecule has 0 saturated carbocycles. The summed E-state index contributed by atoms with van der Waals surface area (Å²) in [5.74, 6) is 1.38. The van der Waals surface area contributed by atoms with E-state index in [1.807, 2.05) is 48.3 Å². The topological polar surface area (TPSA) is 41.6 Å². The first-order valence-electron chi connectivity index (χ1n) is 8.88. The van der Waals surface area contributed by atoms with E-state index in [4.69, 9.17) is 4.74 Å². The van der Waals surface area contributed by atoms with E-state index < -0.39 is 0 Å². The molecule has 0 aliphatic carbocycles. The number of rotatable bonds is 6. The fraction of sp³-hybridized carbons (Fsp3) is 0.381. The van der Waals surface area contributed by atoms with E-state index in [2.05, 4.69) is 24.4 Å². The molecule has 2 aromatic rings. The molecule has 1 N–H and O–H groups in total. The van der Waals surface area contributed by atoms with Crippen LogP contribution in [0.25, 0.3) is 0 Å². The van der Waals surface area contributed by atoms with Crippen molar-refractivity contribution in [1.82, 2.24) is 10.2 Å². The molecule has 1 heterocycles. The molecular weight excluding hydrogens is 312 g/mol. The first kappa shape index (κ1) is 17.5. The van der Waals surface area contributed by atoms with Crippen molar-refractivity contribution in [2.75, 3.05) is 26.7 Å². The van der Waals surface area contributed by atoms with E-state index in [1.54, 1.807) is 0 Å². The minimum absolute atomic E-state index is 0.0969. The molecule has 0 radical (unpaired) electrons. The third-order valence-electron chi connectivity index (χ3n) is 4.63. The number of hydrogen-bond acceptors (Lipinski definition) is 3. The first-order chi connectivity index (χ1) is 12.2. The number of likely N-dealkylation sites (tertiary alicyclic amines) is 1. The number of nitrogens with zero attached hydrogens (tertiary/aromatic N) is 1. The lowest BCUT2D eigenvalue weighted by atomic mass is 10.1. The first-order valence-corrected chi connectivity index (χ1v) is 8.88. The molecule has 132 valence electrons. The Morgan fingerprint density at radius 1 is 1.24 bits per heavy atom. The van der Waals surface area contributed by atoms with Crippen LogP contribution in [0.3, 0.4) is 0 Å². The van der Waals surface area contributed by atoms with Gasteiger partial charge in [0.2, 0.25) is 0 Å². The van der Waals surface area contributed by atoms with Crippen LogP contribution >= 0.6 is 0 Å². The maximum Gasteiger partial charge on any atom is 0.253 e. The van der Waals surface area contributed by atoms with Gasteiger partial charge in [-0.25, -0.2) is 0 Å². The van der Waals surface area contributed by atoms with Gasteiger partial charge in [-0.15, -0.1) is 0 Å². The van der Waals surface area contributed by atoms with Crippen LogP contribution < -0.4 is 10.1 Å². The molecule has 1 atom stereocenters. The highest BCUT2D eigenvalue weighted by molar-refractivity contribution is 5.94. The summed E-state index contributed by atoms with van der Waals surface area (Å²) in [6.07, 6.45) is 1.07. The number of nitrogens with one attached hydrogen (secondary N) is 1. The third kappa shape index (κ3) is 4.60. The van der Waals surface area contributed by atoms with Gasteiger partial charge < -0.3 is 15.0 Å². The van der Waals surface area contributed by atoms with Crippen LogP contribution in [-0.2, 0) is 6.61 Å². The van der Waals surface area contributed by atoms with Crippen molar-refractivity contribution in [1.29, 1.82) is 0 Å². The summed E-state index contributed by atoms with van der Waals surface area (Å²) in [6, 6.07) is 15.8. The Morgan fingerprint density at radius 3 is 2.88 bits per heavy atom. The average Bonchev–Trinajstić information content (AvgIpc) is 3.09. The maximum atomic E-state index is 12.7. The lowest BCUT2D eigenvalue weighted by Gasteiger charge is -2.17. The van der Waals surface area contributed by atoms with Gasteiger partial charge in [-0.1, -0.05) is 35.9 Å². The zero-order valence-corrected chi connectivity index (χ0v) is 15.0. The lowest BCUT2D eigenvalue weighted by molar-refractivity contribution is 0.0786. The summed E-state index contributed by atoms with van der Waals surface area (Å²) in [6.45, 7) is 5.20. The van der Waals surface area contributed by atoms with Crippen molar-refractivity contribution in [3.8, 4) is 5.75 Å². The number of carbonyl (C=O) groups excluding carboxylic acids is 1. The smallest absolute Gasteiger partial charge is 0.253 e. The second-order valence-electron chi connectivity index (χ2n) is 6.77. The Hall–Kier alpha value is -2.33. The van der Waals surface area contributed by atoms with Crippen molar-refractivity contribution >= 4 is 5.91 Å². The number of ether oxygens (including phenoxy) is 1. The van der Waals surface area contributed by atoms with Gasteiger partial charge in [0.15, 0.2) is 0 Å². The number of benzene rings is 2. The number of amides is 1. The molecule has 1 aliphatic heterocycles. The SMILES string of the molecule is CNCC1CCN(C(=O)c2cccc(OCc3cccc(C)c3)c2)C1. The predicted molar refractivity (Wildman–Crippen MR) is 99.9 cm³/mol. The highest BCUT2D eigenvalue weighted by Crippen LogP contribution is 2.21. The summed E-state index contributed by atoms with van der Waals surface area (Å²) < 4.78 is 5.88. The largest absolute Gasteiger partial charge is 0.489 e. The molecule has 1 amide bonds. The normalized spacial score (nSPS) is 16.9. The highest BCUT2D eigenvalue weighted by atomic mass is 16.5. The molecule has 1 unspecified atom stereocenters. The second-order valence-corrected chi connectivity index (χ2v) is 6.77. The van der Waals surface area contributed by atoms with Crippen molar-refractivity contribution in [2.45, 2.75) is 20.0 Å². The number of carbonyl (C=O) groups is 1. The van der Waals surface area contributed by atoms with E-state index in [1.165, 1.54) is 5.56 Å². The molecule has 1 saturated heterocycles. The van der Waals surface area contributed by atoms with Crippen LogP contribution in [0.15, 0.2) is 48.5 Å². The lowest BCUT2D eigenvalue weighted by Crippen LogP contribution is -2.30. The molecular formula is C21H26N2O2. The zero-order valence-electron chi connectivity index (χ0n) is 15.0. The minimum atomic E-state index is 0.0969. The van der Waals surface area contributed by atoms with Crippen molar-refractivity contribution < 1.29 is 9.53 Å². The van der Waals surface area contributed by atoms with Gasteiger partial charge in [0, 0.05) is 18.7 Å². The van der Waals surface area contributed by atoms with Gasteiger partial charge in [0.25, 0.3) is 5.91 Å². The monoisotopic (exact) mass is 338 g/mol. The fourth-order valence-corrected chi connectivity index (χ4v) is 3.34. The summed E-state index contributed by atoms with van der Waals surface area (Å²) >= 11 is 0. The second kappa shape index (κ2) is 8.17. The molecule has 25 heavy (non-hydrogen) atoms. The summed E-state index contributed by atoms with van der Waals surface area (Å²) in [7, 11) is 1.96. The van der Waals surface area contributed by atoms with E-state index in [0.717, 1.165) is 37.4 Å². The van der Waals surface area contributed by atoms with Crippen LogP contribution in [-0.4, -0.2) is 37.5 Å². The zero-order chi connectivity index (χ0) is 17.6. The Morgan fingerprint density at radius 2 is 2.08 bits per heavy atom. The highest BCUT2D eigenvalue weighted by Gasteiger charge is 2.26. The van der Waals surface area contributed by atoms with Crippen LogP contribution in [0.2, 0.25) is 0 Å². The van der Waals surface area contributed by atoms with Crippen LogP contribution in [0.4, 0.5) is 0 Å². The van der Waals surface area contributed by atoms with Crippen LogP contribution in [0, 0.1) is 12.8 Å². The van der Waals surface area contributed by atoms with Gasteiger partial charge in [-0.05, 0) is 56.6 Å². The summed E-state index contributed by atoms with van der Waals surface area (Å²) in [5.41, 5.74) is 3.05. The Balaban J connectivity index is 1.62. The number of aryl methyl sites for hydroxylation is 1. The third-order valence-corrected chi connectivity index (χ3v) is 4.63. The molecule has 0 bridgehead atoms. The molecule has 0 aromatic heterocycles. The summed E-state index contributed by atoms with van der Waals surface area (Å²) in [4.78, 5) is 14.7. The van der Waals surface area contributed by atoms with E-state index in [-0.39, 0.29) is 5.91 Å². The van der Waals surface area contributed by atoms with Gasteiger partial charge in [0.05, 0.1) is 0 Å². The number of hydrogen-bond donors (Lipinski definition) is 1. The van der Waals surface area contributed by atoms with Gasteiger partial charge in [0.1, 0.15) is 12.4 Å². The Kier molecular flexibility index (Phi) is 5.71. The van der Waals surface area contributed by atoms with E-state index in [0.29, 0.717) is 18.1 Å². The standard InChI is InChI=1S/C21H26N2O2/c1-16-5-3-6-17(11-16)15-25-20-8-4-7-19(12-20)21(24)23-10-9-18(14-23)13-22-2/h3-8,11-12,18,22H,9-10,13-15H2,1-2H3. The Labute approximate surface area is 149 Å². The van der Waals surface area contributed by atoms with Crippen LogP contribution in [0.5, 0.6) is 5.75 Å². The average molecular weight is 338 g/mol. The molecule has 3 rings (SSSR count). The predicted octanol–water partition coefficient (Wildman–Crippen LogP) is 3.26. The van der Waals surface area contributed by atoms with Crippen molar-refractivity contribution in [3.05, 3.63) is 65.2 Å². The molecule has 2 aromatic carbocycles. The quantitative estimate of drug-likeness (QED) is 0.879. The van der Waals surface area contributed by atoms with Crippen molar-refractivity contribution in [2.24, 2.45) is 5.92 Å². The van der Waals surface area contributed by atoms with E-state index >= 15 is 0 Å².